The molecule has 0 heterocycles. The third kappa shape index (κ3) is 4.35. The summed E-state index contributed by atoms with van der Waals surface area (Å²) in [5, 5.41) is 5.82. The van der Waals surface area contributed by atoms with Gasteiger partial charge in [-0.2, -0.15) is 0 Å². The highest BCUT2D eigenvalue weighted by molar-refractivity contribution is 5.80. The van der Waals surface area contributed by atoms with E-state index in [-0.39, 0.29) is 11.9 Å². The zero-order valence-corrected chi connectivity index (χ0v) is 8.55. The smallest absolute Gasteiger partial charge is 0.310 e. The number of methoxy groups -OCH3 is 1. The van der Waals surface area contributed by atoms with Crippen molar-refractivity contribution in [2.75, 3.05) is 27.7 Å². The molecule has 0 bridgehead atoms. The lowest BCUT2D eigenvalue weighted by Crippen LogP contribution is -2.38. The molecular weight excluding hydrogens is 170 g/mol. The quantitative estimate of drug-likeness (QED) is 0.358. The minimum Gasteiger partial charge on any atom is -0.469 e. The molecule has 0 saturated carbocycles. The van der Waals surface area contributed by atoms with E-state index in [9.17, 15) is 4.79 Å². The Balaban J connectivity index is 3.81. The number of guanidine groups is 1. The fourth-order valence-electron chi connectivity index (χ4n) is 0.814. The largest absolute Gasteiger partial charge is 0.469 e. The van der Waals surface area contributed by atoms with Crippen molar-refractivity contribution in [3.63, 3.8) is 0 Å². The number of nitrogens with one attached hydrogen (secondary N) is 2. The lowest BCUT2D eigenvalue weighted by Gasteiger charge is -2.12. The van der Waals surface area contributed by atoms with Crippen molar-refractivity contribution in [3.05, 3.63) is 0 Å². The first-order chi connectivity index (χ1) is 6.15. The number of rotatable bonds is 3. The van der Waals surface area contributed by atoms with E-state index in [1.165, 1.54) is 7.11 Å². The molecule has 2 N–H and O–H groups in total. The first-order valence-corrected chi connectivity index (χ1v) is 4.12. The second-order valence-corrected chi connectivity index (χ2v) is 2.63. The Morgan fingerprint density at radius 2 is 2.23 bits per heavy atom. The van der Waals surface area contributed by atoms with Gasteiger partial charge in [0.2, 0.25) is 0 Å². The average molecular weight is 187 g/mol. The zero-order chi connectivity index (χ0) is 10.3. The van der Waals surface area contributed by atoms with E-state index in [4.69, 9.17) is 0 Å². The van der Waals surface area contributed by atoms with Crippen LogP contribution in [0.5, 0.6) is 0 Å². The molecular formula is C8H17N3O2. The third-order valence-corrected chi connectivity index (χ3v) is 1.64. The number of carbonyl (C=O) groups is 1. The topological polar surface area (TPSA) is 62.7 Å². The van der Waals surface area contributed by atoms with Crippen molar-refractivity contribution < 1.29 is 9.53 Å². The van der Waals surface area contributed by atoms with Gasteiger partial charge in [-0.3, -0.25) is 9.79 Å². The summed E-state index contributed by atoms with van der Waals surface area (Å²) < 4.78 is 4.57. The van der Waals surface area contributed by atoms with Gasteiger partial charge in [-0.25, -0.2) is 0 Å². The molecule has 1 atom stereocenters. The SMILES string of the molecule is CN=C(NC)NCC(C)C(=O)OC. The minimum atomic E-state index is -0.223. The molecule has 0 aromatic heterocycles. The Kier molecular flexibility index (Phi) is 5.67. The molecule has 0 saturated heterocycles. The summed E-state index contributed by atoms with van der Waals surface area (Å²) in [6, 6.07) is 0. The fraction of sp³-hybridized carbons (Fsp3) is 0.750. The molecule has 0 spiro atoms. The first kappa shape index (κ1) is 11.7. The summed E-state index contributed by atoms with van der Waals surface area (Å²) in [5.41, 5.74) is 0. The van der Waals surface area contributed by atoms with Crippen LogP contribution in [0.4, 0.5) is 0 Å². The lowest BCUT2D eigenvalue weighted by atomic mass is 10.2. The van der Waals surface area contributed by atoms with Crippen molar-refractivity contribution in [1.29, 1.82) is 0 Å². The molecule has 0 aliphatic carbocycles. The maximum absolute atomic E-state index is 11.0. The van der Waals surface area contributed by atoms with E-state index in [1.54, 1.807) is 21.0 Å². The normalized spacial score (nSPS) is 13.4. The maximum atomic E-state index is 11.0. The van der Waals surface area contributed by atoms with Crippen LogP contribution in [0, 0.1) is 5.92 Å². The summed E-state index contributed by atoms with van der Waals surface area (Å²) in [7, 11) is 4.81. The number of esters is 1. The molecule has 0 aromatic rings. The van der Waals surface area contributed by atoms with Gasteiger partial charge in [0.15, 0.2) is 5.96 Å². The summed E-state index contributed by atoms with van der Waals surface area (Å²) in [5.74, 6) is 0.268. The van der Waals surface area contributed by atoms with Crippen LogP contribution in [0.25, 0.3) is 0 Å². The predicted molar refractivity (Wildman–Crippen MR) is 51.6 cm³/mol. The highest BCUT2D eigenvalue weighted by atomic mass is 16.5. The molecule has 5 nitrogen and oxygen atoms in total. The van der Waals surface area contributed by atoms with E-state index >= 15 is 0 Å². The Labute approximate surface area is 78.6 Å². The lowest BCUT2D eigenvalue weighted by molar-refractivity contribution is -0.144. The first-order valence-electron chi connectivity index (χ1n) is 4.12. The molecule has 0 rings (SSSR count). The van der Waals surface area contributed by atoms with Crippen molar-refractivity contribution in [1.82, 2.24) is 10.6 Å². The molecule has 0 radical (unpaired) electrons. The van der Waals surface area contributed by atoms with Gasteiger partial charge in [-0.1, -0.05) is 6.92 Å². The summed E-state index contributed by atoms with van der Waals surface area (Å²) in [4.78, 5) is 14.9. The zero-order valence-electron chi connectivity index (χ0n) is 8.55. The van der Waals surface area contributed by atoms with Crippen molar-refractivity contribution in [2.45, 2.75) is 6.92 Å². The van der Waals surface area contributed by atoms with Gasteiger partial charge in [-0.05, 0) is 0 Å². The number of carbonyl (C=O) groups excluding carboxylic acids is 1. The molecule has 0 fully saturated rings. The number of hydrogen-bond donors (Lipinski definition) is 2. The summed E-state index contributed by atoms with van der Waals surface area (Å²) in [6.07, 6.45) is 0. The van der Waals surface area contributed by atoms with Crippen molar-refractivity contribution >= 4 is 11.9 Å². The Morgan fingerprint density at radius 3 is 2.62 bits per heavy atom. The van der Waals surface area contributed by atoms with Crippen molar-refractivity contribution in [3.8, 4) is 0 Å². The molecule has 0 aromatic carbocycles. The second kappa shape index (κ2) is 6.28. The Hall–Kier alpha value is -1.26. The highest BCUT2D eigenvalue weighted by Crippen LogP contribution is 1.94. The van der Waals surface area contributed by atoms with E-state index < -0.39 is 0 Å². The van der Waals surface area contributed by atoms with E-state index in [2.05, 4.69) is 20.4 Å². The Morgan fingerprint density at radius 1 is 1.62 bits per heavy atom. The highest BCUT2D eigenvalue weighted by Gasteiger charge is 2.12. The van der Waals surface area contributed by atoms with Gasteiger partial charge >= 0.3 is 5.97 Å². The molecule has 13 heavy (non-hydrogen) atoms. The number of aliphatic imine (C=N–C) groups is 1. The van der Waals surface area contributed by atoms with Crippen LogP contribution in [0.2, 0.25) is 0 Å². The van der Waals surface area contributed by atoms with Gasteiger partial charge in [-0.15, -0.1) is 0 Å². The summed E-state index contributed by atoms with van der Waals surface area (Å²) >= 11 is 0. The van der Waals surface area contributed by atoms with E-state index in [1.807, 2.05) is 0 Å². The maximum Gasteiger partial charge on any atom is 0.310 e. The van der Waals surface area contributed by atoms with Crippen LogP contribution in [0.1, 0.15) is 6.92 Å². The second-order valence-electron chi connectivity index (χ2n) is 2.63. The van der Waals surface area contributed by atoms with Crippen LogP contribution < -0.4 is 10.6 Å². The third-order valence-electron chi connectivity index (χ3n) is 1.64. The number of ether oxygens (including phenoxy) is 1. The monoisotopic (exact) mass is 187 g/mol. The predicted octanol–water partition coefficient (Wildman–Crippen LogP) is -0.410. The van der Waals surface area contributed by atoms with Gasteiger partial charge in [0, 0.05) is 20.6 Å². The standard InChI is InChI=1S/C8H17N3O2/c1-6(7(12)13-4)5-11-8(9-2)10-3/h6H,5H2,1-4H3,(H2,9,10,11). The molecule has 1 unspecified atom stereocenters. The van der Waals surface area contributed by atoms with Gasteiger partial charge < -0.3 is 15.4 Å². The van der Waals surface area contributed by atoms with Crippen LogP contribution in [0.3, 0.4) is 0 Å². The van der Waals surface area contributed by atoms with Gasteiger partial charge in [0.1, 0.15) is 0 Å². The van der Waals surface area contributed by atoms with Crippen LogP contribution in [-0.4, -0.2) is 39.7 Å². The summed E-state index contributed by atoms with van der Waals surface area (Å²) in [6.45, 7) is 2.31. The fourth-order valence-corrected chi connectivity index (χ4v) is 0.814. The van der Waals surface area contributed by atoms with Gasteiger partial charge in [0.05, 0.1) is 13.0 Å². The molecule has 5 heteroatoms. The molecule has 0 aliphatic rings. The van der Waals surface area contributed by atoms with Crippen LogP contribution >= 0.6 is 0 Å². The van der Waals surface area contributed by atoms with E-state index in [0.717, 1.165) is 0 Å². The minimum absolute atomic E-state index is 0.171. The number of nitrogens with zero attached hydrogens (tertiary/aromatic N) is 1. The Bertz CT molecular complexity index is 192. The van der Waals surface area contributed by atoms with Crippen LogP contribution in [-0.2, 0) is 9.53 Å². The molecule has 0 aliphatic heterocycles. The van der Waals surface area contributed by atoms with Gasteiger partial charge in [0.25, 0.3) is 0 Å². The number of hydrogen-bond acceptors (Lipinski definition) is 3. The molecule has 0 amide bonds. The van der Waals surface area contributed by atoms with Crippen LogP contribution in [0.15, 0.2) is 4.99 Å². The average Bonchev–Trinajstić information content (AvgIpc) is 2.17. The van der Waals surface area contributed by atoms with E-state index in [0.29, 0.717) is 12.5 Å². The molecule has 76 valence electrons. The van der Waals surface area contributed by atoms with Crippen molar-refractivity contribution in [2.24, 2.45) is 10.9 Å².